The van der Waals surface area contributed by atoms with Crippen LogP contribution >= 0.6 is 11.6 Å². The Morgan fingerprint density at radius 3 is 2.55 bits per heavy atom. The summed E-state index contributed by atoms with van der Waals surface area (Å²) < 4.78 is 12.8. The molecule has 0 N–H and O–H groups in total. The molecule has 4 heteroatoms. The lowest BCUT2D eigenvalue weighted by molar-refractivity contribution is 0.561. The number of hydrogen-bond donors (Lipinski definition) is 0. The van der Waals surface area contributed by atoms with Crippen molar-refractivity contribution in [3.05, 3.63) is 22.5 Å². The Morgan fingerprint density at radius 2 is 2.09 bits per heavy atom. The quantitative estimate of drug-likeness (QED) is 0.610. The maximum absolute atomic E-state index is 12.8. The zero-order valence-electron chi connectivity index (χ0n) is 6.36. The van der Waals surface area contributed by atoms with Crippen LogP contribution in [0.3, 0.4) is 0 Å². The standard InChI is InChI=1S/C7H8ClFN2/c1-3-5-10-6(8)4(2)7(9)11-5/h3H2,1-2H3. The molecular weight excluding hydrogens is 167 g/mol. The Kier molecular flexibility index (Phi) is 2.39. The number of hydrogen-bond acceptors (Lipinski definition) is 2. The minimum atomic E-state index is -0.526. The van der Waals surface area contributed by atoms with Crippen LogP contribution in [0.1, 0.15) is 18.3 Å². The van der Waals surface area contributed by atoms with Crippen molar-refractivity contribution in [3.8, 4) is 0 Å². The van der Waals surface area contributed by atoms with Crippen LogP contribution in [0.4, 0.5) is 4.39 Å². The highest BCUT2D eigenvalue weighted by molar-refractivity contribution is 6.30. The van der Waals surface area contributed by atoms with Gasteiger partial charge in [-0.15, -0.1) is 0 Å². The molecule has 1 aromatic heterocycles. The Bertz CT molecular complexity index is 252. The maximum atomic E-state index is 12.8. The smallest absolute Gasteiger partial charge is 0.220 e. The van der Waals surface area contributed by atoms with E-state index in [0.717, 1.165) is 0 Å². The molecular formula is C7H8ClFN2. The van der Waals surface area contributed by atoms with Crippen LogP contribution < -0.4 is 0 Å². The monoisotopic (exact) mass is 174 g/mol. The predicted octanol–water partition coefficient (Wildman–Crippen LogP) is 2.14. The molecule has 0 saturated carbocycles. The summed E-state index contributed by atoms with van der Waals surface area (Å²) in [5.41, 5.74) is 0.309. The Morgan fingerprint density at radius 1 is 1.45 bits per heavy atom. The van der Waals surface area contributed by atoms with E-state index in [4.69, 9.17) is 11.6 Å². The second-order valence-electron chi connectivity index (χ2n) is 2.20. The molecule has 0 atom stereocenters. The van der Waals surface area contributed by atoms with Crippen LogP contribution in [0, 0.1) is 12.9 Å². The zero-order chi connectivity index (χ0) is 8.43. The topological polar surface area (TPSA) is 25.8 Å². The third kappa shape index (κ3) is 1.66. The van der Waals surface area contributed by atoms with Gasteiger partial charge in [-0.2, -0.15) is 4.39 Å². The zero-order valence-corrected chi connectivity index (χ0v) is 7.11. The molecule has 0 bridgehead atoms. The highest BCUT2D eigenvalue weighted by atomic mass is 35.5. The summed E-state index contributed by atoms with van der Waals surface area (Å²) in [6, 6.07) is 0. The van der Waals surface area contributed by atoms with E-state index in [-0.39, 0.29) is 5.15 Å². The Balaban J connectivity index is 3.21. The summed E-state index contributed by atoms with van der Waals surface area (Å²) in [6.45, 7) is 3.40. The molecule has 0 aliphatic heterocycles. The number of aromatic nitrogens is 2. The third-order valence-corrected chi connectivity index (χ3v) is 1.76. The first-order valence-electron chi connectivity index (χ1n) is 3.33. The van der Waals surface area contributed by atoms with Crippen molar-refractivity contribution < 1.29 is 4.39 Å². The third-order valence-electron chi connectivity index (χ3n) is 1.39. The van der Waals surface area contributed by atoms with E-state index >= 15 is 0 Å². The van der Waals surface area contributed by atoms with Crippen LogP contribution in [0.25, 0.3) is 0 Å². The predicted molar refractivity (Wildman–Crippen MR) is 41.1 cm³/mol. The summed E-state index contributed by atoms with van der Waals surface area (Å²) in [7, 11) is 0. The summed E-state index contributed by atoms with van der Waals surface area (Å²) in [5, 5.41) is 0.203. The number of rotatable bonds is 1. The van der Waals surface area contributed by atoms with Crippen LogP contribution in [-0.2, 0) is 6.42 Å². The molecule has 0 spiro atoms. The number of halogens is 2. The number of aryl methyl sites for hydroxylation is 1. The van der Waals surface area contributed by atoms with Gasteiger partial charge in [0.15, 0.2) is 0 Å². The van der Waals surface area contributed by atoms with Gasteiger partial charge in [0.2, 0.25) is 5.95 Å². The van der Waals surface area contributed by atoms with Gasteiger partial charge in [-0.25, -0.2) is 9.97 Å². The van der Waals surface area contributed by atoms with E-state index in [1.807, 2.05) is 6.92 Å². The van der Waals surface area contributed by atoms with Gasteiger partial charge >= 0.3 is 0 Å². The van der Waals surface area contributed by atoms with E-state index < -0.39 is 5.95 Å². The second-order valence-corrected chi connectivity index (χ2v) is 2.56. The normalized spacial score (nSPS) is 10.2. The van der Waals surface area contributed by atoms with Gasteiger partial charge in [0.1, 0.15) is 11.0 Å². The summed E-state index contributed by atoms with van der Waals surface area (Å²) >= 11 is 5.61. The molecule has 0 aromatic carbocycles. The highest BCUT2D eigenvalue weighted by Crippen LogP contribution is 2.13. The van der Waals surface area contributed by atoms with Crippen molar-refractivity contribution in [3.63, 3.8) is 0 Å². The fraction of sp³-hybridized carbons (Fsp3) is 0.429. The van der Waals surface area contributed by atoms with Crippen LogP contribution in [0.2, 0.25) is 5.15 Å². The molecule has 1 heterocycles. The summed E-state index contributed by atoms with van der Waals surface area (Å²) in [4.78, 5) is 7.46. The van der Waals surface area contributed by atoms with E-state index in [1.165, 1.54) is 0 Å². The molecule has 0 unspecified atom stereocenters. The van der Waals surface area contributed by atoms with E-state index in [9.17, 15) is 4.39 Å². The van der Waals surface area contributed by atoms with Gasteiger partial charge < -0.3 is 0 Å². The average molecular weight is 175 g/mol. The fourth-order valence-corrected chi connectivity index (χ4v) is 0.838. The van der Waals surface area contributed by atoms with Crippen molar-refractivity contribution in [1.82, 2.24) is 9.97 Å². The van der Waals surface area contributed by atoms with Crippen LogP contribution in [0.5, 0.6) is 0 Å². The number of nitrogens with zero attached hydrogens (tertiary/aromatic N) is 2. The van der Waals surface area contributed by atoms with Gasteiger partial charge in [0.05, 0.1) is 0 Å². The molecule has 60 valence electrons. The van der Waals surface area contributed by atoms with Gasteiger partial charge in [-0.1, -0.05) is 18.5 Å². The first-order chi connectivity index (χ1) is 5.15. The molecule has 0 aliphatic rings. The Labute approximate surface area is 69.4 Å². The molecule has 0 radical (unpaired) electrons. The van der Waals surface area contributed by atoms with E-state index in [2.05, 4.69) is 9.97 Å². The summed E-state index contributed by atoms with van der Waals surface area (Å²) in [6.07, 6.45) is 0.594. The lowest BCUT2D eigenvalue weighted by Gasteiger charge is -1.99. The van der Waals surface area contributed by atoms with Crippen molar-refractivity contribution in [2.45, 2.75) is 20.3 Å². The van der Waals surface area contributed by atoms with Gasteiger partial charge in [0.25, 0.3) is 0 Å². The average Bonchev–Trinajstić information content (AvgIpc) is 1.99. The molecule has 1 rings (SSSR count). The SMILES string of the molecule is CCc1nc(F)c(C)c(Cl)n1. The van der Waals surface area contributed by atoms with Crippen molar-refractivity contribution in [2.75, 3.05) is 0 Å². The second kappa shape index (κ2) is 3.13. The largest absolute Gasteiger partial charge is 0.221 e. The van der Waals surface area contributed by atoms with Gasteiger partial charge in [-0.05, 0) is 6.92 Å². The fourth-order valence-electron chi connectivity index (χ4n) is 0.663. The minimum absolute atomic E-state index is 0.203. The molecule has 1 aromatic rings. The van der Waals surface area contributed by atoms with E-state index in [1.54, 1.807) is 6.92 Å². The molecule has 0 amide bonds. The summed E-state index contributed by atoms with van der Waals surface area (Å²) in [5.74, 6) is -0.0834. The van der Waals surface area contributed by atoms with E-state index in [0.29, 0.717) is 17.8 Å². The van der Waals surface area contributed by atoms with Gasteiger partial charge in [0, 0.05) is 12.0 Å². The lowest BCUT2D eigenvalue weighted by Crippen LogP contribution is -1.99. The van der Waals surface area contributed by atoms with Crippen LogP contribution in [-0.4, -0.2) is 9.97 Å². The first-order valence-corrected chi connectivity index (χ1v) is 3.71. The highest BCUT2D eigenvalue weighted by Gasteiger charge is 2.06. The lowest BCUT2D eigenvalue weighted by atomic mass is 10.3. The first kappa shape index (κ1) is 8.40. The maximum Gasteiger partial charge on any atom is 0.220 e. The molecule has 11 heavy (non-hydrogen) atoms. The van der Waals surface area contributed by atoms with Crippen LogP contribution in [0.15, 0.2) is 0 Å². The molecule has 0 saturated heterocycles. The molecule has 0 fully saturated rings. The molecule has 0 aliphatic carbocycles. The van der Waals surface area contributed by atoms with Gasteiger partial charge in [-0.3, -0.25) is 0 Å². The van der Waals surface area contributed by atoms with Crippen molar-refractivity contribution >= 4 is 11.6 Å². The minimum Gasteiger partial charge on any atom is -0.221 e. The van der Waals surface area contributed by atoms with Crippen molar-refractivity contribution in [1.29, 1.82) is 0 Å². The molecule has 2 nitrogen and oxygen atoms in total. The van der Waals surface area contributed by atoms with Crippen molar-refractivity contribution in [2.24, 2.45) is 0 Å². The Hall–Kier alpha value is -0.700.